The standard InChI is InChI=1S/C19H24N4O.HI/c1-3-20-19(21-13-16-10-8-7-9-15(16)2)22-14-18(24)23-17-11-5-4-6-12-17;/h4-12H,3,13-14H2,1-2H3,(H,23,24)(H2,20,21,22);1H. The zero-order valence-corrected chi connectivity index (χ0v) is 16.9. The fourth-order valence-electron chi connectivity index (χ4n) is 2.18. The number of anilines is 1. The molecule has 25 heavy (non-hydrogen) atoms. The van der Waals surface area contributed by atoms with Gasteiger partial charge in [-0.1, -0.05) is 42.5 Å². The van der Waals surface area contributed by atoms with Crippen molar-refractivity contribution in [1.82, 2.24) is 10.6 Å². The van der Waals surface area contributed by atoms with Gasteiger partial charge in [0.2, 0.25) is 5.91 Å². The molecule has 0 radical (unpaired) electrons. The number of nitrogens with zero attached hydrogens (tertiary/aromatic N) is 1. The van der Waals surface area contributed by atoms with E-state index in [4.69, 9.17) is 0 Å². The molecule has 0 heterocycles. The fraction of sp³-hybridized carbons (Fsp3) is 0.263. The Morgan fingerprint density at radius 1 is 1.00 bits per heavy atom. The second kappa shape index (κ2) is 11.5. The lowest BCUT2D eigenvalue weighted by molar-refractivity contribution is -0.115. The van der Waals surface area contributed by atoms with E-state index in [-0.39, 0.29) is 36.4 Å². The summed E-state index contributed by atoms with van der Waals surface area (Å²) in [6, 6.07) is 17.5. The average molecular weight is 452 g/mol. The van der Waals surface area contributed by atoms with Crippen LogP contribution in [0.25, 0.3) is 0 Å². The third-order valence-corrected chi connectivity index (χ3v) is 3.49. The Balaban J connectivity index is 0.00000312. The van der Waals surface area contributed by atoms with E-state index in [0.717, 1.165) is 12.2 Å². The molecule has 0 spiro atoms. The van der Waals surface area contributed by atoms with Gasteiger partial charge in [-0.15, -0.1) is 24.0 Å². The molecule has 0 saturated carbocycles. The summed E-state index contributed by atoms with van der Waals surface area (Å²) in [6.45, 7) is 5.53. The third kappa shape index (κ3) is 7.55. The number of hydrogen-bond donors (Lipinski definition) is 3. The van der Waals surface area contributed by atoms with Crippen molar-refractivity contribution in [3.8, 4) is 0 Å². The molecule has 0 aliphatic carbocycles. The highest BCUT2D eigenvalue weighted by Crippen LogP contribution is 2.08. The number of aryl methyl sites for hydroxylation is 1. The van der Waals surface area contributed by atoms with E-state index < -0.39 is 0 Å². The lowest BCUT2D eigenvalue weighted by Crippen LogP contribution is -2.41. The molecule has 0 aliphatic rings. The number of rotatable bonds is 6. The number of aliphatic imine (C=N–C) groups is 1. The molecule has 5 nitrogen and oxygen atoms in total. The van der Waals surface area contributed by atoms with Gasteiger partial charge in [0.05, 0.1) is 13.1 Å². The first kappa shape index (κ1) is 21.0. The van der Waals surface area contributed by atoms with Crippen molar-refractivity contribution in [2.75, 3.05) is 18.4 Å². The van der Waals surface area contributed by atoms with E-state index in [0.29, 0.717) is 12.5 Å². The van der Waals surface area contributed by atoms with Crippen LogP contribution in [0.15, 0.2) is 59.6 Å². The second-order valence-electron chi connectivity index (χ2n) is 5.39. The SMILES string of the molecule is CCNC(=NCc1ccccc1C)NCC(=O)Nc1ccccc1.I. The number of amides is 1. The van der Waals surface area contributed by atoms with Gasteiger partial charge in [0.25, 0.3) is 0 Å². The van der Waals surface area contributed by atoms with Gasteiger partial charge in [-0.3, -0.25) is 4.79 Å². The Morgan fingerprint density at radius 2 is 1.68 bits per heavy atom. The molecule has 1 amide bonds. The molecule has 0 saturated heterocycles. The number of guanidine groups is 1. The summed E-state index contributed by atoms with van der Waals surface area (Å²) in [5.74, 6) is 0.520. The van der Waals surface area contributed by atoms with Crippen LogP contribution in [0, 0.1) is 6.92 Å². The van der Waals surface area contributed by atoms with E-state index >= 15 is 0 Å². The molecule has 6 heteroatoms. The largest absolute Gasteiger partial charge is 0.357 e. The maximum atomic E-state index is 12.0. The number of hydrogen-bond acceptors (Lipinski definition) is 2. The predicted molar refractivity (Wildman–Crippen MR) is 114 cm³/mol. The minimum Gasteiger partial charge on any atom is -0.357 e. The summed E-state index contributed by atoms with van der Waals surface area (Å²) in [5, 5.41) is 9.05. The van der Waals surface area contributed by atoms with Crippen molar-refractivity contribution >= 4 is 41.5 Å². The highest BCUT2D eigenvalue weighted by molar-refractivity contribution is 14.0. The molecule has 2 aromatic carbocycles. The van der Waals surface area contributed by atoms with E-state index in [1.165, 1.54) is 11.1 Å². The van der Waals surface area contributed by atoms with Crippen LogP contribution in [0.4, 0.5) is 5.69 Å². The molecule has 0 aliphatic heterocycles. The minimum atomic E-state index is -0.109. The first-order valence-corrected chi connectivity index (χ1v) is 8.10. The van der Waals surface area contributed by atoms with Crippen molar-refractivity contribution in [2.24, 2.45) is 4.99 Å². The number of carbonyl (C=O) groups excluding carboxylic acids is 1. The number of benzene rings is 2. The van der Waals surface area contributed by atoms with Crippen molar-refractivity contribution < 1.29 is 4.79 Å². The molecule has 2 aromatic rings. The van der Waals surface area contributed by atoms with Crippen molar-refractivity contribution in [3.63, 3.8) is 0 Å². The highest BCUT2D eigenvalue weighted by atomic mass is 127. The van der Waals surface area contributed by atoms with Gasteiger partial charge >= 0.3 is 0 Å². The molecule has 3 N–H and O–H groups in total. The van der Waals surface area contributed by atoms with Crippen molar-refractivity contribution in [1.29, 1.82) is 0 Å². The van der Waals surface area contributed by atoms with Crippen LogP contribution in [0.2, 0.25) is 0 Å². The van der Waals surface area contributed by atoms with Gasteiger partial charge in [0, 0.05) is 12.2 Å². The third-order valence-electron chi connectivity index (χ3n) is 3.49. The molecule has 2 rings (SSSR count). The molecular weight excluding hydrogens is 427 g/mol. The zero-order valence-electron chi connectivity index (χ0n) is 14.6. The molecule has 134 valence electrons. The normalized spacial score (nSPS) is 10.6. The Hall–Kier alpha value is -2.09. The molecular formula is C19H25IN4O. The van der Waals surface area contributed by atoms with Gasteiger partial charge < -0.3 is 16.0 Å². The number of para-hydroxylation sites is 1. The minimum absolute atomic E-state index is 0. The summed E-state index contributed by atoms with van der Waals surface area (Å²) in [5.41, 5.74) is 3.16. The first-order valence-electron chi connectivity index (χ1n) is 8.10. The highest BCUT2D eigenvalue weighted by Gasteiger charge is 2.04. The maximum absolute atomic E-state index is 12.0. The smallest absolute Gasteiger partial charge is 0.243 e. The Bertz CT molecular complexity index is 689. The van der Waals surface area contributed by atoms with Crippen LogP contribution in [-0.4, -0.2) is 25.0 Å². The molecule has 0 unspecified atom stereocenters. The second-order valence-corrected chi connectivity index (χ2v) is 5.39. The van der Waals surface area contributed by atoms with E-state index in [1.807, 2.05) is 49.4 Å². The van der Waals surface area contributed by atoms with Crippen LogP contribution < -0.4 is 16.0 Å². The topological polar surface area (TPSA) is 65.5 Å². The number of carbonyl (C=O) groups is 1. The first-order chi connectivity index (χ1) is 11.7. The van der Waals surface area contributed by atoms with Crippen LogP contribution in [0.3, 0.4) is 0 Å². The Morgan fingerprint density at radius 3 is 2.36 bits per heavy atom. The van der Waals surface area contributed by atoms with Crippen LogP contribution in [0.1, 0.15) is 18.1 Å². The van der Waals surface area contributed by atoms with Crippen LogP contribution >= 0.6 is 24.0 Å². The molecule has 0 bridgehead atoms. The van der Waals surface area contributed by atoms with Gasteiger partial charge in [-0.2, -0.15) is 0 Å². The summed E-state index contributed by atoms with van der Waals surface area (Å²) in [4.78, 5) is 16.5. The predicted octanol–water partition coefficient (Wildman–Crippen LogP) is 3.31. The fourth-order valence-corrected chi connectivity index (χ4v) is 2.18. The van der Waals surface area contributed by atoms with Crippen molar-refractivity contribution in [2.45, 2.75) is 20.4 Å². The van der Waals surface area contributed by atoms with Gasteiger partial charge in [0.15, 0.2) is 5.96 Å². The lowest BCUT2D eigenvalue weighted by Gasteiger charge is -2.12. The molecule has 0 aromatic heterocycles. The number of halogens is 1. The quantitative estimate of drug-likeness (QED) is 0.358. The van der Waals surface area contributed by atoms with Gasteiger partial charge in [0.1, 0.15) is 0 Å². The van der Waals surface area contributed by atoms with E-state index in [2.05, 4.69) is 40.0 Å². The van der Waals surface area contributed by atoms with Gasteiger partial charge in [-0.05, 0) is 37.1 Å². The average Bonchev–Trinajstić information content (AvgIpc) is 2.59. The summed E-state index contributed by atoms with van der Waals surface area (Å²) in [6.07, 6.45) is 0. The lowest BCUT2D eigenvalue weighted by atomic mass is 10.1. The Kier molecular flexibility index (Phi) is 9.61. The zero-order chi connectivity index (χ0) is 17.2. The summed E-state index contributed by atoms with van der Waals surface area (Å²) in [7, 11) is 0. The van der Waals surface area contributed by atoms with E-state index in [9.17, 15) is 4.79 Å². The number of nitrogens with one attached hydrogen (secondary N) is 3. The monoisotopic (exact) mass is 452 g/mol. The molecule has 0 fully saturated rings. The van der Waals surface area contributed by atoms with Crippen LogP contribution in [0.5, 0.6) is 0 Å². The summed E-state index contributed by atoms with van der Waals surface area (Å²) >= 11 is 0. The van der Waals surface area contributed by atoms with Gasteiger partial charge in [-0.25, -0.2) is 4.99 Å². The van der Waals surface area contributed by atoms with E-state index in [1.54, 1.807) is 0 Å². The molecule has 0 atom stereocenters. The maximum Gasteiger partial charge on any atom is 0.243 e. The van der Waals surface area contributed by atoms with Crippen molar-refractivity contribution in [3.05, 3.63) is 65.7 Å². The summed E-state index contributed by atoms with van der Waals surface area (Å²) < 4.78 is 0. The van der Waals surface area contributed by atoms with Crippen LogP contribution in [-0.2, 0) is 11.3 Å². The Labute approximate surface area is 166 Å².